The number of carbonyl (C=O) groups excluding carboxylic acids is 1. The number of aryl methyl sites for hydroxylation is 2. The molecular formula is C15H22O. The summed E-state index contributed by atoms with van der Waals surface area (Å²) in [6, 6.07) is 8.57. The van der Waals surface area contributed by atoms with Crippen LogP contribution in [-0.4, -0.2) is 5.78 Å². The van der Waals surface area contributed by atoms with Crippen LogP contribution in [0.15, 0.2) is 24.3 Å². The van der Waals surface area contributed by atoms with Crippen molar-refractivity contribution in [2.24, 2.45) is 5.92 Å². The van der Waals surface area contributed by atoms with Gasteiger partial charge in [0.1, 0.15) is 5.78 Å². The lowest BCUT2D eigenvalue weighted by Gasteiger charge is -2.07. The Balaban J connectivity index is 2.30. The molecule has 0 amide bonds. The highest BCUT2D eigenvalue weighted by molar-refractivity contribution is 5.80. The van der Waals surface area contributed by atoms with E-state index in [1.54, 1.807) is 0 Å². The second-order valence-corrected chi connectivity index (χ2v) is 4.61. The molecule has 0 aliphatic heterocycles. The zero-order valence-corrected chi connectivity index (χ0v) is 10.6. The van der Waals surface area contributed by atoms with Gasteiger partial charge >= 0.3 is 0 Å². The first-order valence-corrected chi connectivity index (χ1v) is 6.21. The highest BCUT2D eigenvalue weighted by atomic mass is 16.1. The Morgan fingerprint density at radius 3 is 2.44 bits per heavy atom. The first-order chi connectivity index (χ1) is 7.63. The molecule has 16 heavy (non-hydrogen) atoms. The van der Waals surface area contributed by atoms with E-state index in [1.165, 1.54) is 11.1 Å². The van der Waals surface area contributed by atoms with Crippen molar-refractivity contribution in [3.8, 4) is 0 Å². The molecule has 1 aromatic carbocycles. The van der Waals surface area contributed by atoms with Crippen molar-refractivity contribution in [2.75, 3.05) is 0 Å². The van der Waals surface area contributed by atoms with E-state index >= 15 is 0 Å². The van der Waals surface area contributed by atoms with Crippen LogP contribution in [0.25, 0.3) is 0 Å². The zero-order chi connectivity index (χ0) is 12.0. The quantitative estimate of drug-likeness (QED) is 0.707. The third-order valence-corrected chi connectivity index (χ3v) is 3.17. The number of ketones is 1. The van der Waals surface area contributed by atoms with E-state index in [4.69, 9.17) is 0 Å². The number of hydrogen-bond donors (Lipinski definition) is 0. The fourth-order valence-electron chi connectivity index (χ4n) is 1.70. The Hall–Kier alpha value is -1.11. The average Bonchev–Trinajstić information content (AvgIpc) is 2.30. The standard InChI is InChI=1S/C15H22O/c1-4-13(3)15(16)7-5-6-14-10-8-12(2)9-11-14/h8-11,13H,4-7H2,1-3H3/t13-/m0/s1. The molecule has 0 aliphatic carbocycles. The van der Waals surface area contributed by atoms with Crippen LogP contribution in [0, 0.1) is 12.8 Å². The average molecular weight is 218 g/mol. The lowest BCUT2D eigenvalue weighted by molar-refractivity contribution is -0.122. The number of hydrogen-bond acceptors (Lipinski definition) is 1. The molecule has 0 N–H and O–H groups in total. The largest absolute Gasteiger partial charge is 0.299 e. The van der Waals surface area contributed by atoms with E-state index < -0.39 is 0 Å². The summed E-state index contributed by atoms with van der Waals surface area (Å²) in [5.41, 5.74) is 2.63. The zero-order valence-electron chi connectivity index (χ0n) is 10.6. The highest BCUT2D eigenvalue weighted by Gasteiger charge is 2.09. The molecule has 0 fully saturated rings. The maximum atomic E-state index is 11.6. The third kappa shape index (κ3) is 4.18. The molecule has 0 saturated heterocycles. The monoisotopic (exact) mass is 218 g/mol. The van der Waals surface area contributed by atoms with Gasteiger partial charge in [0, 0.05) is 12.3 Å². The van der Waals surface area contributed by atoms with Crippen LogP contribution >= 0.6 is 0 Å². The lowest BCUT2D eigenvalue weighted by atomic mass is 9.97. The van der Waals surface area contributed by atoms with E-state index in [9.17, 15) is 4.79 Å². The maximum Gasteiger partial charge on any atom is 0.135 e. The first kappa shape index (κ1) is 13.0. The van der Waals surface area contributed by atoms with Crippen molar-refractivity contribution in [1.29, 1.82) is 0 Å². The summed E-state index contributed by atoms with van der Waals surface area (Å²) < 4.78 is 0. The van der Waals surface area contributed by atoms with E-state index in [2.05, 4.69) is 38.1 Å². The molecule has 0 aromatic heterocycles. The van der Waals surface area contributed by atoms with Crippen molar-refractivity contribution in [3.63, 3.8) is 0 Å². The Morgan fingerprint density at radius 2 is 1.88 bits per heavy atom. The molecule has 1 nitrogen and oxygen atoms in total. The van der Waals surface area contributed by atoms with Gasteiger partial charge in [0.25, 0.3) is 0 Å². The Bertz CT molecular complexity index is 324. The summed E-state index contributed by atoms with van der Waals surface area (Å²) >= 11 is 0. The van der Waals surface area contributed by atoms with E-state index in [-0.39, 0.29) is 5.92 Å². The Labute approximate surface area is 98.9 Å². The van der Waals surface area contributed by atoms with Gasteiger partial charge in [0.15, 0.2) is 0 Å². The van der Waals surface area contributed by atoms with Gasteiger partial charge in [-0.25, -0.2) is 0 Å². The minimum Gasteiger partial charge on any atom is -0.299 e. The summed E-state index contributed by atoms with van der Waals surface area (Å²) in [5.74, 6) is 0.646. The Kier molecular flexibility index (Phi) is 5.24. The predicted molar refractivity (Wildman–Crippen MR) is 68.6 cm³/mol. The number of carbonyl (C=O) groups is 1. The summed E-state index contributed by atoms with van der Waals surface area (Å²) in [6.45, 7) is 6.19. The van der Waals surface area contributed by atoms with Crippen molar-refractivity contribution in [3.05, 3.63) is 35.4 Å². The third-order valence-electron chi connectivity index (χ3n) is 3.17. The van der Waals surface area contributed by atoms with Crippen molar-refractivity contribution >= 4 is 5.78 Å². The minimum absolute atomic E-state index is 0.234. The summed E-state index contributed by atoms with van der Waals surface area (Å²) in [4.78, 5) is 11.6. The van der Waals surface area contributed by atoms with Crippen LogP contribution in [0.1, 0.15) is 44.2 Å². The van der Waals surface area contributed by atoms with Crippen LogP contribution in [-0.2, 0) is 11.2 Å². The second kappa shape index (κ2) is 6.47. The molecule has 1 heteroatoms. The van der Waals surface area contributed by atoms with Crippen molar-refractivity contribution in [2.45, 2.75) is 46.5 Å². The molecule has 0 unspecified atom stereocenters. The second-order valence-electron chi connectivity index (χ2n) is 4.61. The number of benzene rings is 1. The highest BCUT2D eigenvalue weighted by Crippen LogP contribution is 2.11. The fourth-order valence-corrected chi connectivity index (χ4v) is 1.70. The summed E-state index contributed by atoms with van der Waals surface area (Å²) in [5, 5.41) is 0. The molecule has 0 radical (unpaired) electrons. The molecule has 88 valence electrons. The van der Waals surface area contributed by atoms with E-state index in [0.29, 0.717) is 5.78 Å². The van der Waals surface area contributed by atoms with Gasteiger partial charge in [-0.1, -0.05) is 43.7 Å². The Morgan fingerprint density at radius 1 is 1.25 bits per heavy atom. The van der Waals surface area contributed by atoms with Gasteiger partial charge in [0.2, 0.25) is 0 Å². The molecule has 0 spiro atoms. The fraction of sp³-hybridized carbons (Fsp3) is 0.533. The van der Waals surface area contributed by atoms with Crippen LogP contribution in [0.5, 0.6) is 0 Å². The topological polar surface area (TPSA) is 17.1 Å². The van der Waals surface area contributed by atoms with Gasteiger partial charge in [-0.15, -0.1) is 0 Å². The lowest BCUT2D eigenvalue weighted by Crippen LogP contribution is -2.09. The van der Waals surface area contributed by atoms with Gasteiger partial charge in [-0.05, 0) is 31.7 Å². The SMILES string of the molecule is CC[C@H](C)C(=O)CCCc1ccc(C)cc1. The predicted octanol–water partition coefficient (Wildman–Crippen LogP) is 3.93. The van der Waals surface area contributed by atoms with Gasteiger partial charge in [0.05, 0.1) is 0 Å². The summed E-state index contributed by atoms with van der Waals surface area (Å²) in [6.07, 6.45) is 3.68. The van der Waals surface area contributed by atoms with Gasteiger partial charge < -0.3 is 0 Å². The van der Waals surface area contributed by atoms with E-state index in [0.717, 1.165) is 25.7 Å². The van der Waals surface area contributed by atoms with Crippen molar-refractivity contribution in [1.82, 2.24) is 0 Å². The van der Waals surface area contributed by atoms with E-state index in [1.807, 2.05) is 6.92 Å². The van der Waals surface area contributed by atoms with Crippen molar-refractivity contribution < 1.29 is 4.79 Å². The van der Waals surface area contributed by atoms with Crippen LogP contribution in [0.2, 0.25) is 0 Å². The molecular weight excluding hydrogens is 196 g/mol. The molecule has 0 heterocycles. The van der Waals surface area contributed by atoms with Crippen LogP contribution in [0.3, 0.4) is 0 Å². The van der Waals surface area contributed by atoms with Gasteiger partial charge in [-0.3, -0.25) is 4.79 Å². The molecule has 0 bridgehead atoms. The molecule has 0 saturated carbocycles. The number of Topliss-reactive ketones (excluding diaryl/α,β-unsaturated/α-hetero) is 1. The smallest absolute Gasteiger partial charge is 0.135 e. The molecule has 1 atom stereocenters. The first-order valence-electron chi connectivity index (χ1n) is 6.21. The molecule has 0 aliphatic rings. The van der Waals surface area contributed by atoms with Gasteiger partial charge in [-0.2, -0.15) is 0 Å². The number of rotatable bonds is 6. The molecule has 1 aromatic rings. The minimum atomic E-state index is 0.234. The van der Waals surface area contributed by atoms with Crippen LogP contribution in [0.4, 0.5) is 0 Å². The maximum absolute atomic E-state index is 11.6. The molecule has 1 rings (SSSR count). The van der Waals surface area contributed by atoms with Crippen LogP contribution < -0.4 is 0 Å². The summed E-state index contributed by atoms with van der Waals surface area (Å²) in [7, 11) is 0. The normalized spacial score (nSPS) is 12.4.